The highest BCUT2D eigenvalue weighted by molar-refractivity contribution is 5.80. The number of nitrogens with one attached hydrogen (secondary N) is 2. The van der Waals surface area contributed by atoms with E-state index >= 15 is 0 Å². The minimum atomic E-state index is -0.00136. The van der Waals surface area contributed by atoms with Crippen molar-refractivity contribution in [3.05, 3.63) is 78.4 Å². The SMILES string of the molecule is O=C(NCc1cccc(-n2cccn2)c1)N1CCC(c2c[nH]c3ncccc23)CC1. The van der Waals surface area contributed by atoms with Gasteiger partial charge in [-0.1, -0.05) is 12.1 Å². The van der Waals surface area contributed by atoms with Crippen molar-refractivity contribution in [2.24, 2.45) is 0 Å². The monoisotopic (exact) mass is 400 g/mol. The number of nitrogens with zero attached hydrogens (tertiary/aromatic N) is 4. The van der Waals surface area contributed by atoms with Crippen molar-refractivity contribution in [2.45, 2.75) is 25.3 Å². The summed E-state index contributed by atoms with van der Waals surface area (Å²) in [6.45, 7) is 2.02. The van der Waals surface area contributed by atoms with Gasteiger partial charge in [0.1, 0.15) is 5.65 Å². The summed E-state index contributed by atoms with van der Waals surface area (Å²) in [4.78, 5) is 22.2. The topological polar surface area (TPSA) is 78.8 Å². The van der Waals surface area contributed by atoms with Gasteiger partial charge in [0.15, 0.2) is 0 Å². The molecule has 3 aromatic heterocycles. The lowest BCUT2D eigenvalue weighted by Gasteiger charge is -2.32. The molecular weight excluding hydrogens is 376 g/mol. The predicted octanol–water partition coefficient (Wildman–Crippen LogP) is 3.84. The van der Waals surface area contributed by atoms with Gasteiger partial charge in [0.25, 0.3) is 0 Å². The third-order valence-electron chi connectivity index (χ3n) is 5.83. The molecule has 0 saturated carbocycles. The van der Waals surface area contributed by atoms with Crippen LogP contribution in [-0.2, 0) is 6.54 Å². The smallest absolute Gasteiger partial charge is 0.317 e. The molecule has 0 spiro atoms. The average Bonchev–Trinajstić information content (AvgIpc) is 3.48. The molecule has 1 fully saturated rings. The summed E-state index contributed by atoms with van der Waals surface area (Å²) < 4.78 is 1.82. The lowest BCUT2D eigenvalue weighted by atomic mass is 9.89. The lowest BCUT2D eigenvalue weighted by molar-refractivity contribution is 0.181. The Morgan fingerprint density at radius 3 is 2.87 bits per heavy atom. The van der Waals surface area contributed by atoms with Crippen molar-refractivity contribution >= 4 is 17.1 Å². The fourth-order valence-corrected chi connectivity index (χ4v) is 4.23. The molecule has 0 aliphatic carbocycles. The second-order valence-corrected chi connectivity index (χ2v) is 7.68. The van der Waals surface area contributed by atoms with Crippen LogP contribution < -0.4 is 5.32 Å². The van der Waals surface area contributed by atoms with Gasteiger partial charge in [-0.2, -0.15) is 5.10 Å². The van der Waals surface area contributed by atoms with E-state index in [-0.39, 0.29) is 6.03 Å². The molecule has 7 heteroatoms. The molecule has 2 amide bonds. The molecule has 4 heterocycles. The van der Waals surface area contributed by atoms with Crippen LogP contribution in [0.1, 0.15) is 29.9 Å². The Morgan fingerprint density at radius 2 is 2.03 bits per heavy atom. The number of rotatable bonds is 4. The van der Waals surface area contributed by atoms with E-state index in [9.17, 15) is 4.79 Å². The summed E-state index contributed by atoms with van der Waals surface area (Å²) in [5.74, 6) is 0.456. The number of benzene rings is 1. The number of urea groups is 1. The van der Waals surface area contributed by atoms with Gasteiger partial charge < -0.3 is 15.2 Å². The number of piperidine rings is 1. The molecule has 152 valence electrons. The van der Waals surface area contributed by atoms with Gasteiger partial charge in [-0.25, -0.2) is 14.5 Å². The van der Waals surface area contributed by atoms with Crippen LogP contribution in [0.15, 0.2) is 67.3 Å². The molecule has 0 radical (unpaired) electrons. The van der Waals surface area contributed by atoms with Crippen molar-refractivity contribution in [3.8, 4) is 5.69 Å². The highest BCUT2D eigenvalue weighted by Gasteiger charge is 2.25. The number of pyridine rings is 1. The Bertz CT molecular complexity index is 1140. The van der Waals surface area contributed by atoms with Gasteiger partial charge in [0, 0.05) is 49.8 Å². The standard InChI is InChI=1S/C23H24N6O/c30-23(26-15-17-4-1-5-19(14-17)29-11-3-10-27-29)28-12-7-18(8-13-28)21-16-25-22-20(21)6-2-9-24-22/h1-6,9-11,14,16,18H,7-8,12-13,15H2,(H,24,25)(H,26,30). The molecular formula is C23H24N6O. The van der Waals surface area contributed by atoms with Crippen molar-refractivity contribution in [1.29, 1.82) is 0 Å². The van der Waals surface area contributed by atoms with Crippen molar-refractivity contribution in [1.82, 2.24) is 30.0 Å². The number of carbonyl (C=O) groups excluding carboxylic acids is 1. The molecule has 1 aromatic carbocycles. The third kappa shape index (κ3) is 3.66. The first kappa shape index (κ1) is 18.4. The number of hydrogen-bond acceptors (Lipinski definition) is 3. The quantitative estimate of drug-likeness (QED) is 0.546. The molecule has 1 saturated heterocycles. The van der Waals surface area contributed by atoms with E-state index < -0.39 is 0 Å². The number of carbonyl (C=O) groups is 1. The van der Waals surface area contributed by atoms with Crippen LogP contribution in [0.25, 0.3) is 16.7 Å². The number of hydrogen-bond donors (Lipinski definition) is 2. The van der Waals surface area contributed by atoms with Gasteiger partial charge in [0.2, 0.25) is 0 Å². The zero-order valence-electron chi connectivity index (χ0n) is 16.7. The van der Waals surface area contributed by atoms with E-state index in [0.29, 0.717) is 12.5 Å². The zero-order chi connectivity index (χ0) is 20.3. The lowest BCUT2D eigenvalue weighted by Crippen LogP contribution is -2.43. The summed E-state index contributed by atoms with van der Waals surface area (Å²) in [6, 6.07) is 14.0. The van der Waals surface area contributed by atoms with E-state index in [2.05, 4.69) is 32.6 Å². The number of aromatic amines is 1. The van der Waals surface area contributed by atoms with Gasteiger partial charge in [-0.3, -0.25) is 0 Å². The summed E-state index contributed by atoms with van der Waals surface area (Å²) in [5.41, 5.74) is 4.29. The first-order valence-electron chi connectivity index (χ1n) is 10.3. The van der Waals surface area contributed by atoms with Crippen LogP contribution in [0.2, 0.25) is 0 Å². The summed E-state index contributed by atoms with van der Waals surface area (Å²) in [6.07, 6.45) is 9.47. The van der Waals surface area contributed by atoms with Gasteiger partial charge in [-0.05, 0) is 60.2 Å². The Morgan fingerprint density at radius 1 is 1.13 bits per heavy atom. The molecule has 1 aliphatic heterocycles. The average molecular weight is 400 g/mol. The molecule has 7 nitrogen and oxygen atoms in total. The van der Waals surface area contributed by atoms with Crippen molar-refractivity contribution in [2.75, 3.05) is 13.1 Å². The van der Waals surface area contributed by atoms with Crippen molar-refractivity contribution in [3.63, 3.8) is 0 Å². The number of fused-ring (bicyclic) bond motifs is 1. The second-order valence-electron chi connectivity index (χ2n) is 7.68. The van der Waals surface area contributed by atoms with Crippen LogP contribution in [-0.4, -0.2) is 43.8 Å². The molecule has 30 heavy (non-hydrogen) atoms. The highest BCUT2D eigenvalue weighted by Crippen LogP contribution is 2.32. The fourth-order valence-electron chi connectivity index (χ4n) is 4.23. The minimum absolute atomic E-state index is 0.00136. The van der Waals surface area contributed by atoms with E-state index in [1.54, 1.807) is 12.4 Å². The molecule has 5 rings (SSSR count). The second kappa shape index (κ2) is 8.02. The van der Waals surface area contributed by atoms with Crippen LogP contribution in [0.5, 0.6) is 0 Å². The van der Waals surface area contributed by atoms with Crippen LogP contribution >= 0.6 is 0 Å². The van der Waals surface area contributed by atoms with E-state index in [0.717, 1.165) is 42.8 Å². The molecule has 4 aromatic rings. The first-order valence-corrected chi connectivity index (χ1v) is 10.3. The third-order valence-corrected chi connectivity index (χ3v) is 5.83. The highest BCUT2D eigenvalue weighted by atomic mass is 16.2. The molecule has 0 unspecified atom stereocenters. The van der Waals surface area contributed by atoms with Crippen LogP contribution in [0, 0.1) is 0 Å². The predicted molar refractivity (Wildman–Crippen MR) is 115 cm³/mol. The summed E-state index contributed by atoms with van der Waals surface area (Å²) in [7, 11) is 0. The number of H-pyrrole nitrogens is 1. The Labute approximate surface area is 174 Å². The van der Waals surface area contributed by atoms with E-state index in [4.69, 9.17) is 0 Å². The van der Waals surface area contributed by atoms with Crippen LogP contribution in [0.3, 0.4) is 0 Å². The first-order chi connectivity index (χ1) is 14.8. The van der Waals surface area contributed by atoms with Gasteiger partial charge >= 0.3 is 6.03 Å². The number of aromatic nitrogens is 4. The Hall–Kier alpha value is -3.61. The maximum absolute atomic E-state index is 12.7. The van der Waals surface area contributed by atoms with Gasteiger partial charge in [0.05, 0.1) is 5.69 Å². The maximum atomic E-state index is 12.7. The minimum Gasteiger partial charge on any atom is -0.346 e. The van der Waals surface area contributed by atoms with E-state index in [1.165, 1.54) is 10.9 Å². The summed E-state index contributed by atoms with van der Waals surface area (Å²) >= 11 is 0. The summed E-state index contributed by atoms with van der Waals surface area (Å²) in [5, 5.41) is 8.51. The normalized spacial score (nSPS) is 14.9. The van der Waals surface area contributed by atoms with Crippen molar-refractivity contribution < 1.29 is 4.79 Å². The molecule has 0 bridgehead atoms. The maximum Gasteiger partial charge on any atom is 0.317 e. The Kier molecular flexibility index (Phi) is 4.93. The fraction of sp³-hybridized carbons (Fsp3) is 0.261. The van der Waals surface area contributed by atoms with Gasteiger partial charge in [-0.15, -0.1) is 0 Å². The molecule has 2 N–H and O–H groups in total. The Balaban J connectivity index is 1.17. The largest absolute Gasteiger partial charge is 0.346 e. The number of amides is 2. The molecule has 0 atom stereocenters. The number of likely N-dealkylation sites (tertiary alicyclic amines) is 1. The van der Waals surface area contributed by atoms with E-state index in [1.807, 2.05) is 52.2 Å². The van der Waals surface area contributed by atoms with Crippen LogP contribution in [0.4, 0.5) is 4.79 Å². The molecule has 1 aliphatic rings. The zero-order valence-corrected chi connectivity index (χ0v) is 16.7.